The predicted octanol–water partition coefficient (Wildman–Crippen LogP) is 2.12. The van der Waals surface area contributed by atoms with Gasteiger partial charge in [-0.2, -0.15) is 17.5 Å². The fourth-order valence-electron chi connectivity index (χ4n) is 3.11. The Labute approximate surface area is 189 Å². The zero-order chi connectivity index (χ0) is 24.5. The summed E-state index contributed by atoms with van der Waals surface area (Å²) in [6.45, 7) is -1.45. The standard InChI is InChI=1S/C20H26F3N3O6S/c21-20(22,23)14-24-19(29)25-17(27)13-32-18(28)10-7-15-5-8-16(9-6-15)33(30,31)26-11-3-1-2-4-12-26/h5-6,8-9H,1-4,7,10-14H2,(H2,24,25,27,29). The van der Waals surface area contributed by atoms with E-state index in [4.69, 9.17) is 0 Å². The Kier molecular flexibility index (Phi) is 9.65. The number of nitrogens with zero attached hydrogens (tertiary/aromatic N) is 1. The molecule has 0 spiro atoms. The fourth-order valence-corrected chi connectivity index (χ4v) is 4.63. The minimum Gasteiger partial charge on any atom is -0.456 e. The highest BCUT2D eigenvalue weighted by molar-refractivity contribution is 7.89. The van der Waals surface area contributed by atoms with Crippen molar-refractivity contribution in [3.63, 3.8) is 0 Å². The molecule has 1 aliphatic rings. The van der Waals surface area contributed by atoms with Crippen molar-refractivity contribution in [2.45, 2.75) is 49.6 Å². The first kappa shape index (κ1) is 26.6. The molecular formula is C20H26F3N3O6S. The number of ether oxygens (including phenoxy) is 1. The molecule has 3 amide bonds. The maximum atomic E-state index is 12.8. The lowest BCUT2D eigenvalue weighted by Crippen LogP contribution is -2.44. The summed E-state index contributed by atoms with van der Waals surface area (Å²) < 4.78 is 67.6. The van der Waals surface area contributed by atoms with Crippen LogP contribution in [0.1, 0.15) is 37.7 Å². The van der Waals surface area contributed by atoms with Gasteiger partial charge in [-0.05, 0) is 37.0 Å². The molecule has 33 heavy (non-hydrogen) atoms. The van der Waals surface area contributed by atoms with Crippen molar-refractivity contribution in [1.82, 2.24) is 14.9 Å². The van der Waals surface area contributed by atoms with Crippen molar-refractivity contribution in [3.05, 3.63) is 29.8 Å². The molecule has 2 rings (SSSR count). The van der Waals surface area contributed by atoms with E-state index >= 15 is 0 Å². The molecule has 13 heteroatoms. The van der Waals surface area contributed by atoms with E-state index in [1.165, 1.54) is 21.8 Å². The molecule has 1 fully saturated rings. The summed E-state index contributed by atoms with van der Waals surface area (Å²) in [6, 6.07) is 4.79. The summed E-state index contributed by atoms with van der Waals surface area (Å²) in [5.74, 6) is -1.84. The van der Waals surface area contributed by atoms with Crippen LogP contribution in [0.3, 0.4) is 0 Å². The van der Waals surface area contributed by atoms with E-state index < -0.39 is 47.3 Å². The average molecular weight is 494 g/mol. The van der Waals surface area contributed by atoms with Crippen LogP contribution >= 0.6 is 0 Å². The van der Waals surface area contributed by atoms with Crippen LogP contribution in [0.2, 0.25) is 0 Å². The van der Waals surface area contributed by atoms with Gasteiger partial charge >= 0.3 is 18.2 Å². The minimum absolute atomic E-state index is 0.119. The number of alkyl halides is 3. The molecule has 0 aromatic heterocycles. The molecule has 2 N–H and O–H groups in total. The van der Waals surface area contributed by atoms with E-state index in [0.29, 0.717) is 18.7 Å². The van der Waals surface area contributed by atoms with Crippen LogP contribution < -0.4 is 10.6 Å². The summed E-state index contributed by atoms with van der Waals surface area (Å²) >= 11 is 0. The first-order valence-corrected chi connectivity index (χ1v) is 11.8. The summed E-state index contributed by atoms with van der Waals surface area (Å²) in [6.07, 6.45) is -0.849. The van der Waals surface area contributed by atoms with Crippen LogP contribution in [-0.4, -0.2) is 63.0 Å². The normalized spacial score (nSPS) is 15.4. The number of nitrogens with one attached hydrogen (secondary N) is 2. The molecule has 1 aromatic carbocycles. The zero-order valence-electron chi connectivity index (χ0n) is 17.8. The molecule has 0 radical (unpaired) electrons. The second-order valence-corrected chi connectivity index (χ2v) is 9.41. The van der Waals surface area contributed by atoms with Crippen LogP contribution in [0.25, 0.3) is 0 Å². The SMILES string of the molecule is O=C(COC(=O)CCc1ccc(S(=O)(=O)N2CCCCCC2)cc1)NC(=O)NCC(F)(F)F. The molecular weight excluding hydrogens is 467 g/mol. The second kappa shape index (κ2) is 12.0. The highest BCUT2D eigenvalue weighted by atomic mass is 32.2. The van der Waals surface area contributed by atoms with E-state index in [2.05, 4.69) is 4.74 Å². The first-order chi connectivity index (χ1) is 15.5. The lowest BCUT2D eigenvalue weighted by molar-refractivity contribution is -0.148. The lowest BCUT2D eigenvalue weighted by atomic mass is 10.1. The monoisotopic (exact) mass is 493 g/mol. The number of halogens is 3. The lowest BCUT2D eigenvalue weighted by Gasteiger charge is -2.20. The predicted molar refractivity (Wildman–Crippen MR) is 111 cm³/mol. The third kappa shape index (κ3) is 9.38. The van der Waals surface area contributed by atoms with Gasteiger partial charge < -0.3 is 10.1 Å². The third-order valence-corrected chi connectivity index (χ3v) is 6.72. The molecule has 1 saturated heterocycles. The van der Waals surface area contributed by atoms with Gasteiger partial charge in [-0.25, -0.2) is 13.2 Å². The van der Waals surface area contributed by atoms with Crippen LogP contribution in [-0.2, 0) is 30.8 Å². The van der Waals surface area contributed by atoms with Gasteiger partial charge in [0.05, 0.1) is 4.90 Å². The molecule has 1 aromatic rings. The van der Waals surface area contributed by atoms with E-state index in [0.717, 1.165) is 25.7 Å². The Balaban J connectivity index is 1.75. The number of amides is 3. The van der Waals surface area contributed by atoms with Crippen LogP contribution in [0, 0.1) is 0 Å². The number of benzene rings is 1. The third-order valence-electron chi connectivity index (χ3n) is 4.81. The van der Waals surface area contributed by atoms with Crippen LogP contribution in [0.5, 0.6) is 0 Å². The number of carbonyl (C=O) groups excluding carboxylic acids is 3. The Morgan fingerprint density at radius 2 is 1.61 bits per heavy atom. The van der Waals surface area contributed by atoms with Crippen molar-refractivity contribution in [1.29, 1.82) is 0 Å². The smallest absolute Gasteiger partial charge is 0.405 e. The Morgan fingerprint density at radius 1 is 1.00 bits per heavy atom. The van der Waals surface area contributed by atoms with Crippen molar-refractivity contribution in [2.75, 3.05) is 26.2 Å². The van der Waals surface area contributed by atoms with Crippen LogP contribution in [0.15, 0.2) is 29.2 Å². The second-order valence-electron chi connectivity index (χ2n) is 7.47. The summed E-state index contributed by atoms with van der Waals surface area (Å²) in [4.78, 5) is 34.5. The molecule has 184 valence electrons. The Morgan fingerprint density at radius 3 is 2.18 bits per heavy atom. The van der Waals surface area contributed by atoms with E-state index in [-0.39, 0.29) is 17.7 Å². The number of hydrogen-bond acceptors (Lipinski definition) is 6. The first-order valence-electron chi connectivity index (χ1n) is 10.4. The Bertz CT molecular complexity index is 927. The molecule has 1 heterocycles. The largest absolute Gasteiger partial charge is 0.456 e. The van der Waals surface area contributed by atoms with Gasteiger partial charge in [-0.3, -0.25) is 14.9 Å². The van der Waals surface area contributed by atoms with Crippen molar-refractivity contribution >= 4 is 27.9 Å². The maximum Gasteiger partial charge on any atom is 0.405 e. The van der Waals surface area contributed by atoms with Gasteiger partial charge in [0, 0.05) is 19.5 Å². The van der Waals surface area contributed by atoms with Crippen molar-refractivity contribution in [3.8, 4) is 0 Å². The quantitative estimate of drug-likeness (QED) is 0.535. The maximum absolute atomic E-state index is 12.8. The number of urea groups is 1. The van der Waals surface area contributed by atoms with Gasteiger partial charge in [0.25, 0.3) is 5.91 Å². The number of aryl methyl sites for hydroxylation is 1. The number of rotatable bonds is 8. The topological polar surface area (TPSA) is 122 Å². The number of carbonyl (C=O) groups is 3. The molecule has 0 bridgehead atoms. The van der Waals surface area contributed by atoms with E-state index in [9.17, 15) is 36.0 Å². The number of esters is 1. The van der Waals surface area contributed by atoms with Crippen molar-refractivity contribution < 1.29 is 40.7 Å². The van der Waals surface area contributed by atoms with Gasteiger partial charge in [0.2, 0.25) is 10.0 Å². The van der Waals surface area contributed by atoms with Gasteiger partial charge in [0.15, 0.2) is 6.61 Å². The summed E-state index contributed by atoms with van der Waals surface area (Å²) in [5.41, 5.74) is 0.678. The van der Waals surface area contributed by atoms with Crippen molar-refractivity contribution in [2.24, 2.45) is 0 Å². The van der Waals surface area contributed by atoms with Gasteiger partial charge in [-0.1, -0.05) is 25.0 Å². The average Bonchev–Trinajstić information content (AvgIpc) is 3.05. The molecule has 0 aliphatic carbocycles. The van der Waals surface area contributed by atoms with Gasteiger partial charge in [-0.15, -0.1) is 0 Å². The number of imide groups is 1. The molecule has 0 saturated carbocycles. The molecule has 9 nitrogen and oxygen atoms in total. The number of sulfonamides is 1. The van der Waals surface area contributed by atoms with Gasteiger partial charge in [0.1, 0.15) is 6.54 Å². The summed E-state index contributed by atoms with van der Waals surface area (Å²) in [5, 5.41) is 3.05. The zero-order valence-corrected chi connectivity index (χ0v) is 18.6. The highest BCUT2D eigenvalue weighted by Crippen LogP contribution is 2.21. The Hall–Kier alpha value is -2.67. The van der Waals surface area contributed by atoms with Crippen LogP contribution in [0.4, 0.5) is 18.0 Å². The van der Waals surface area contributed by atoms with E-state index in [1.54, 1.807) is 17.4 Å². The molecule has 1 aliphatic heterocycles. The molecule has 0 unspecified atom stereocenters. The van der Waals surface area contributed by atoms with E-state index in [1.807, 2.05) is 0 Å². The highest BCUT2D eigenvalue weighted by Gasteiger charge is 2.28. The summed E-state index contributed by atoms with van der Waals surface area (Å²) in [7, 11) is -3.57. The minimum atomic E-state index is -4.62. The molecule has 0 atom stereocenters. The number of hydrogen-bond donors (Lipinski definition) is 2. The fraction of sp³-hybridized carbons (Fsp3) is 0.550.